The molecule has 1 radical (unpaired) electrons. The third-order valence-electron chi connectivity index (χ3n) is 2.08. The number of amides is 1. The van der Waals surface area contributed by atoms with Gasteiger partial charge in [-0.05, 0) is 6.42 Å². The number of nitrogens with zero attached hydrogens (tertiary/aromatic N) is 1. The molecule has 2 aliphatic rings. The van der Waals surface area contributed by atoms with Crippen molar-refractivity contribution in [2.45, 2.75) is 12.5 Å². The van der Waals surface area contributed by atoms with E-state index >= 15 is 0 Å². The standard InChI is InChI=1S/C6H9N2O/c9-6-5-4(3-8-6)1-2-7-5/h4-5H,1-3H2,(H,8,9). The van der Waals surface area contributed by atoms with Crippen molar-refractivity contribution in [3.8, 4) is 0 Å². The first-order valence-corrected chi connectivity index (χ1v) is 3.32. The predicted molar refractivity (Wildman–Crippen MR) is 31.9 cm³/mol. The fourth-order valence-corrected chi connectivity index (χ4v) is 1.53. The second-order valence-corrected chi connectivity index (χ2v) is 2.64. The summed E-state index contributed by atoms with van der Waals surface area (Å²) < 4.78 is 0. The summed E-state index contributed by atoms with van der Waals surface area (Å²) in [5, 5.41) is 6.96. The molecule has 0 saturated carbocycles. The molecule has 0 aromatic heterocycles. The molecular formula is C6H9N2O. The van der Waals surface area contributed by atoms with Gasteiger partial charge in [-0.1, -0.05) is 0 Å². The molecular weight excluding hydrogens is 116 g/mol. The summed E-state index contributed by atoms with van der Waals surface area (Å²) in [6, 6.07) is 0.0185. The van der Waals surface area contributed by atoms with Gasteiger partial charge in [0.2, 0.25) is 5.91 Å². The molecule has 3 nitrogen and oxygen atoms in total. The molecule has 2 saturated heterocycles. The molecule has 2 fully saturated rings. The lowest BCUT2D eigenvalue weighted by atomic mass is 10.1. The second-order valence-electron chi connectivity index (χ2n) is 2.64. The van der Waals surface area contributed by atoms with Gasteiger partial charge in [-0.25, -0.2) is 5.32 Å². The van der Waals surface area contributed by atoms with Gasteiger partial charge in [0.15, 0.2) is 0 Å². The maximum Gasteiger partial charge on any atom is 0.239 e. The van der Waals surface area contributed by atoms with E-state index in [0.29, 0.717) is 5.92 Å². The van der Waals surface area contributed by atoms with Crippen molar-refractivity contribution >= 4 is 5.91 Å². The largest absolute Gasteiger partial charge is 0.354 e. The normalized spacial score (nSPS) is 40.7. The van der Waals surface area contributed by atoms with Crippen molar-refractivity contribution in [1.29, 1.82) is 0 Å². The van der Waals surface area contributed by atoms with Gasteiger partial charge >= 0.3 is 0 Å². The van der Waals surface area contributed by atoms with E-state index in [-0.39, 0.29) is 11.9 Å². The number of rotatable bonds is 0. The molecule has 0 aromatic carbocycles. The van der Waals surface area contributed by atoms with E-state index in [2.05, 4.69) is 10.6 Å². The Morgan fingerprint density at radius 3 is 3.33 bits per heavy atom. The lowest BCUT2D eigenvalue weighted by molar-refractivity contribution is -0.120. The van der Waals surface area contributed by atoms with Gasteiger partial charge in [0.05, 0.1) is 0 Å². The van der Waals surface area contributed by atoms with Gasteiger partial charge in [-0.15, -0.1) is 0 Å². The van der Waals surface area contributed by atoms with Crippen LogP contribution in [-0.2, 0) is 4.79 Å². The lowest BCUT2D eigenvalue weighted by Crippen LogP contribution is -2.29. The first-order chi connectivity index (χ1) is 4.38. The van der Waals surface area contributed by atoms with Crippen LogP contribution in [0.1, 0.15) is 6.42 Å². The first kappa shape index (κ1) is 5.23. The average Bonchev–Trinajstić information content (AvgIpc) is 2.35. The van der Waals surface area contributed by atoms with E-state index in [9.17, 15) is 4.79 Å². The summed E-state index contributed by atoms with van der Waals surface area (Å²) in [5.74, 6) is 0.662. The van der Waals surface area contributed by atoms with E-state index in [1.54, 1.807) is 0 Å². The minimum absolute atomic E-state index is 0.0185. The smallest absolute Gasteiger partial charge is 0.239 e. The topological polar surface area (TPSA) is 43.2 Å². The van der Waals surface area contributed by atoms with Gasteiger partial charge in [-0.2, -0.15) is 0 Å². The van der Waals surface area contributed by atoms with E-state index in [0.717, 1.165) is 19.5 Å². The molecule has 3 heteroatoms. The van der Waals surface area contributed by atoms with Crippen LogP contribution in [0.3, 0.4) is 0 Å². The molecule has 2 unspecified atom stereocenters. The summed E-state index contributed by atoms with van der Waals surface area (Å²) in [5.41, 5.74) is 0. The average molecular weight is 125 g/mol. The van der Waals surface area contributed by atoms with Crippen LogP contribution in [0.25, 0.3) is 0 Å². The highest BCUT2D eigenvalue weighted by molar-refractivity contribution is 5.84. The van der Waals surface area contributed by atoms with Gasteiger partial charge in [0.1, 0.15) is 6.04 Å². The van der Waals surface area contributed by atoms with Crippen molar-refractivity contribution in [1.82, 2.24) is 10.6 Å². The summed E-state index contributed by atoms with van der Waals surface area (Å²) >= 11 is 0. The summed E-state index contributed by atoms with van der Waals surface area (Å²) in [4.78, 5) is 10.9. The Labute approximate surface area is 53.8 Å². The third-order valence-corrected chi connectivity index (χ3v) is 2.08. The monoisotopic (exact) mass is 125 g/mol. The maximum absolute atomic E-state index is 10.9. The van der Waals surface area contributed by atoms with Crippen LogP contribution in [0.4, 0.5) is 0 Å². The molecule has 1 amide bonds. The Balaban J connectivity index is 2.15. The molecule has 0 spiro atoms. The molecule has 9 heavy (non-hydrogen) atoms. The Morgan fingerprint density at radius 2 is 2.56 bits per heavy atom. The van der Waals surface area contributed by atoms with Crippen LogP contribution < -0.4 is 10.6 Å². The molecule has 2 rings (SSSR count). The second kappa shape index (κ2) is 1.70. The van der Waals surface area contributed by atoms with Crippen molar-refractivity contribution < 1.29 is 4.79 Å². The zero-order valence-electron chi connectivity index (χ0n) is 5.13. The van der Waals surface area contributed by atoms with Crippen LogP contribution in [-0.4, -0.2) is 25.0 Å². The predicted octanol–water partition coefficient (Wildman–Crippen LogP) is -0.891. The van der Waals surface area contributed by atoms with Gasteiger partial charge in [-0.3, -0.25) is 4.79 Å². The molecule has 0 aliphatic carbocycles. The Morgan fingerprint density at radius 1 is 1.67 bits per heavy atom. The highest BCUT2D eigenvalue weighted by Crippen LogP contribution is 2.20. The molecule has 0 aromatic rings. The minimum Gasteiger partial charge on any atom is -0.354 e. The van der Waals surface area contributed by atoms with E-state index < -0.39 is 0 Å². The zero-order chi connectivity index (χ0) is 6.27. The van der Waals surface area contributed by atoms with Crippen LogP contribution in [0, 0.1) is 5.92 Å². The number of hydrogen-bond acceptors (Lipinski definition) is 1. The molecule has 49 valence electrons. The van der Waals surface area contributed by atoms with Crippen LogP contribution >= 0.6 is 0 Å². The summed E-state index contributed by atoms with van der Waals surface area (Å²) in [6.45, 7) is 1.75. The number of fused-ring (bicyclic) bond motifs is 1. The van der Waals surface area contributed by atoms with Crippen molar-refractivity contribution in [3.63, 3.8) is 0 Å². The number of nitrogens with one attached hydrogen (secondary N) is 1. The quantitative estimate of drug-likeness (QED) is 0.448. The molecule has 0 bridgehead atoms. The van der Waals surface area contributed by atoms with Crippen LogP contribution in [0.5, 0.6) is 0 Å². The number of carbonyl (C=O) groups excluding carboxylic acids is 1. The van der Waals surface area contributed by atoms with Crippen LogP contribution in [0.15, 0.2) is 0 Å². The van der Waals surface area contributed by atoms with Crippen molar-refractivity contribution in [2.24, 2.45) is 5.92 Å². The molecule has 2 atom stereocenters. The fourth-order valence-electron chi connectivity index (χ4n) is 1.53. The van der Waals surface area contributed by atoms with E-state index in [1.807, 2.05) is 0 Å². The number of hydrogen-bond donors (Lipinski definition) is 1. The van der Waals surface area contributed by atoms with E-state index in [1.165, 1.54) is 0 Å². The highest BCUT2D eigenvalue weighted by Gasteiger charge is 2.38. The van der Waals surface area contributed by atoms with E-state index in [4.69, 9.17) is 0 Å². The SMILES string of the molecule is O=C1NCC2CC[N]C12. The minimum atomic E-state index is 0.0185. The summed E-state index contributed by atoms with van der Waals surface area (Å²) in [7, 11) is 0. The molecule has 2 aliphatic heterocycles. The highest BCUT2D eigenvalue weighted by atomic mass is 16.2. The van der Waals surface area contributed by atoms with Crippen molar-refractivity contribution in [3.05, 3.63) is 0 Å². The van der Waals surface area contributed by atoms with Crippen molar-refractivity contribution in [2.75, 3.05) is 13.1 Å². The zero-order valence-corrected chi connectivity index (χ0v) is 5.13. The molecule has 1 N–H and O–H groups in total. The van der Waals surface area contributed by atoms with Gasteiger partial charge < -0.3 is 5.32 Å². The van der Waals surface area contributed by atoms with Crippen LogP contribution in [0.2, 0.25) is 0 Å². The first-order valence-electron chi connectivity index (χ1n) is 3.32. The maximum atomic E-state index is 10.9. The third kappa shape index (κ3) is 0.645. The van der Waals surface area contributed by atoms with Gasteiger partial charge in [0.25, 0.3) is 0 Å². The Bertz CT molecular complexity index is 146. The molecule has 2 heterocycles. The summed E-state index contributed by atoms with van der Waals surface area (Å²) in [6.07, 6.45) is 1.10. The Kier molecular flexibility index (Phi) is 0.990. The number of carbonyl (C=O) groups is 1. The Hall–Kier alpha value is -0.570. The fraction of sp³-hybridized carbons (Fsp3) is 0.833. The van der Waals surface area contributed by atoms with Gasteiger partial charge in [0, 0.05) is 19.0 Å². The lowest BCUT2D eigenvalue weighted by Gasteiger charge is -1.99.